The molecule has 21 heavy (non-hydrogen) atoms. The van der Waals surface area contributed by atoms with E-state index in [0.29, 0.717) is 31.9 Å². The van der Waals surface area contributed by atoms with Gasteiger partial charge in [0, 0.05) is 6.42 Å². The lowest BCUT2D eigenvalue weighted by Gasteiger charge is -2.24. The van der Waals surface area contributed by atoms with E-state index in [4.69, 9.17) is 14.6 Å². The first kappa shape index (κ1) is 14.0. The molecule has 0 radical (unpaired) electrons. The number of fused-ring (bicyclic) bond motifs is 1. The van der Waals surface area contributed by atoms with Crippen LogP contribution in [0.5, 0.6) is 0 Å². The Kier molecular flexibility index (Phi) is 3.90. The Morgan fingerprint density at radius 1 is 1.48 bits per heavy atom. The van der Waals surface area contributed by atoms with Crippen LogP contribution in [0.2, 0.25) is 0 Å². The first-order chi connectivity index (χ1) is 10.2. The van der Waals surface area contributed by atoms with Gasteiger partial charge in [0.2, 0.25) is 0 Å². The van der Waals surface area contributed by atoms with Crippen LogP contribution in [0.15, 0.2) is 18.2 Å². The summed E-state index contributed by atoms with van der Waals surface area (Å²) in [5, 5.41) is 9.07. The molecule has 1 aliphatic heterocycles. The molecule has 0 spiro atoms. The van der Waals surface area contributed by atoms with Crippen LogP contribution in [0.1, 0.15) is 23.1 Å². The molecule has 1 aromatic carbocycles. The van der Waals surface area contributed by atoms with Crippen molar-refractivity contribution in [1.29, 1.82) is 0 Å². The first-order valence-corrected chi connectivity index (χ1v) is 7.11. The van der Waals surface area contributed by atoms with Crippen molar-refractivity contribution < 1.29 is 19.4 Å². The maximum Gasteiger partial charge on any atom is 0.335 e. The standard InChI is InChI=1S/C15H18N2O4/c1-2-14-16-12-7-10(15(18)19)3-4-13(12)17(14)8-11-9-20-5-6-21-11/h3-4,7,11H,2,5-6,8-9H2,1H3,(H,18,19). The number of hydrogen-bond acceptors (Lipinski definition) is 4. The molecule has 2 heterocycles. The summed E-state index contributed by atoms with van der Waals surface area (Å²) in [5.41, 5.74) is 1.90. The van der Waals surface area contributed by atoms with Crippen molar-refractivity contribution >= 4 is 17.0 Å². The van der Waals surface area contributed by atoms with Crippen LogP contribution < -0.4 is 0 Å². The molecule has 2 aromatic rings. The molecule has 6 nitrogen and oxygen atoms in total. The highest BCUT2D eigenvalue weighted by Gasteiger charge is 2.19. The van der Waals surface area contributed by atoms with Gasteiger partial charge in [-0.1, -0.05) is 6.92 Å². The molecule has 1 atom stereocenters. The van der Waals surface area contributed by atoms with Crippen LogP contribution in [-0.2, 0) is 22.4 Å². The summed E-state index contributed by atoms with van der Waals surface area (Å²) in [4.78, 5) is 15.6. The molecule has 3 rings (SSSR count). The van der Waals surface area contributed by atoms with Crippen molar-refractivity contribution in [2.24, 2.45) is 0 Å². The lowest BCUT2D eigenvalue weighted by Crippen LogP contribution is -2.32. The number of imidazole rings is 1. The molecule has 1 saturated heterocycles. The van der Waals surface area contributed by atoms with Gasteiger partial charge in [-0.2, -0.15) is 0 Å². The van der Waals surface area contributed by atoms with Gasteiger partial charge in [-0.05, 0) is 18.2 Å². The fraction of sp³-hybridized carbons (Fsp3) is 0.467. The van der Waals surface area contributed by atoms with E-state index in [-0.39, 0.29) is 11.7 Å². The van der Waals surface area contributed by atoms with Gasteiger partial charge in [0.05, 0.1) is 49.1 Å². The van der Waals surface area contributed by atoms with E-state index < -0.39 is 5.97 Å². The summed E-state index contributed by atoms with van der Waals surface area (Å²) >= 11 is 0. The monoisotopic (exact) mass is 290 g/mol. The Hall–Kier alpha value is -1.92. The largest absolute Gasteiger partial charge is 0.478 e. The maximum atomic E-state index is 11.1. The smallest absolute Gasteiger partial charge is 0.335 e. The van der Waals surface area contributed by atoms with Gasteiger partial charge in [0.1, 0.15) is 5.82 Å². The van der Waals surface area contributed by atoms with Gasteiger partial charge < -0.3 is 19.1 Å². The minimum Gasteiger partial charge on any atom is -0.478 e. The molecule has 0 amide bonds. The van der Waals surface area contributed by atoms with Crippen molar-refractivity contribution in [3.8, 4) is 0 Å². The van der Waals surface area contributed by atoms with Gasteiger partial charge in [-0.15, -0.1) is 0 Å². The third kappa shape index (κ3) is 2.77. The van der Waals surface area contributed by atoms with Gasteiger partial charge in [0.15, 0.2) is 0 Å². The molecule has 0 saturated carbocycles. The number of carbonyl (C=O) groups is 1. The van der Waals surface area contributed by atoms with Crippen LogP contribution in [0.4, 0.5) is 0 Å². The van der Waals surface area contributed by atoms with Crippen molar-refractivity contribution in [2.75, 3.05) is 19.8 Å². The summed E-state index contributed by atoms with van der Waals surface area (Å²) in [6.45, 7) is 4.54. The third-order valence-electron chi connectivity index (χ3n) is 3.66. The van der Waals surface area contributed by atoms with E-state index in [2.05, 4.69) is 9.55 Å². The van der Waals surface area contributed by atoms with E-state index in [9.17, 15) is 4.79 Å². The zero-order valence-corrected chi connectivity index (χ0v) is 11.9. The van der Waals surface area contributed by atoms with Crippen LogP contribution in [0.25, 0.3) is 11.0 Å². The number of aromatic nitrogens is 2. The average Bonchev–Trinajstić information content (AvgIpc) is 2.85. The van der Waals surface area contributed by atoms with Crippen LogP contribution in [0, 0.1) is 0 Å². The minimum absolute atomic E-state index is 0.0144. The topological polar surface area (TPSA) is 73.6 Å². The summed E-state index contributed by atoms with van der Waals surface area (Å²) < 4.78 is 13.2. The highest BCUT2D eigenvalue weighted by molar-refractivity contribution is 5.92. The summed E-state index contributed by atoms with van der Waals surface area (Å²) in [6, 6.07) is 5.04. The van der Waals surface area contributed by atoms with E-state index in [1.165, 1.54) is 0 Å². The third-order valence-corrected chi connectivity index (χ3v) is 3.66. The second-order valence-corrected chi connectivity index (χ2v) is 5.07. The Balaban J connectivity index is 1.97. The molecule has 0 aliphatic carbocycles. The number of hydrogen-bond donors (Lipinski definition) is 1. The lowest BCUT2D eigenvalue weighted by molar-refractivity contribution is -0.0934. The predicted molar refractivity (Wildman–Crippen MR) is 76.6 cm³/mol. The van der Waals surface area contributed by atoms with E-state index in [1.54, 1.807) is 12.1 Å². The maximum absolute atomic E-state index is 11.1. The number of aryl methyl sites for hydroxylation is 1. The number of carboxylic acids is 1. The average molecular weight is 290 g/mol. The molecule has 1 N–H and O–H groups in total. The van der Waals surface area contributed by atoms with Crippen molar-refractivity contribution in [1.82, 2.24) is 9.55 Å². The highest BCUT2D eigenvalue weighted by atomic mass is 16.6. The lowest BCUT2D eigenvalue weighted by atomic mass is 10.2. The molecule has 0 bridgehead atoms. The van der Waals surface area contributed by atoms with Crippen LogP contribution in [-0.4, -0.2) is 46.6 Å². The fourth-order valence-corrected chi connectivity index (χ4v) is 2.63. The number of aromatic carboxylic acids is 1. The molecule has 112 valence electrons. The second-order valence-electron chi connectivity index (χ2n) is 5.07. The number of benzene rings is 1. The number of ether oxygens (including phenoxy) is 2. The van der Waals surface area contributed by atoms with E-state index in [0.717, 1.165) is 17.8 Å². The SMILES string of the molecule is CCc1nc2cc(C(=O)O)ccc2n1CC1COCCO1. The van der Waals surface area contributed by atoms with Crippen molar-refractivity contribution in [2.45, 2.75) is 26.0 Å². The van der Waals surface area contributed by atoms with Gasteiger partial charge in [-0.3, -0.25) is 0 Å². The number of rotatable bonds is 4. The molecule has 1 fully saturated rings. The minimum atomic E-state index is -0.937. The summed E-state index contributed by atoms with van der Waals surface area (Å²) in [6.07, 6.45) is 0.797. The zero-order valence-electron chi connectivity index (χ0n) is 11.9. The van der Waals surface area contributed by atoms with Gasteiger partial charge in [0.25, 0.3) is 0 Å². The van der Waals surface area contributed by atoms with Crippen LogP contribution >= 0.6 is 0 Å². The molecule has 1 unspecified atom stereocenters. The van der Waals surface area contributed by atoms with Gasteiger partial charge in [-0.25, -0.2) is 9.78 Å². The summed E-state index contributed by atoms with van der Waals surface area (Å²) in [7, 11) is 0. The first-order valence-electron chi connectivity index (χ1n) is 7.11. The van der Waals surface area contributed by atoms with Crippen molar-refractivity contribution in [3.63, 3.8) is 0 Å². The Labute approximate surface area is 122 Å². The molecule has 1 aliphatic rings. The molecular weight excluding hydrogens is 272 g/mol. The molecular formula is C15H18N2O4. The Morgan fingerprint density at radius 3 is 3.00 bits per heavy atom. The quantitative estimate of drug-likeness (QED) is 0.928. The highest BCUT2D eigenvalue weighted by Crippen LogP contribution is 2.20. The summed E-state index contributed by atoms with van der Waals surface area (Å²) in [5.74, 6) is -0.00442. The second kappa shape index (κ2) is 5.83. The van der Waals surface area contributed by atoms with E-state index >= 15 is 0 Å². The van der Waals surface area contributed by atoms with Crippen LogP contribution in [0.3, 0.4) is 0 Å². The normalized spacial score (nSPS) is 19.0. The van der Waals surface area contributed by atoms with Crippen molar-refractivity contribution in [3.05, 3.63) is 29.6 Å². The number of nitrogens with zero attached hydrogens (tertiary/aromatic N) is 2. The van der Waals surface area contributed by atoms with E-state index in [1.807, 2.05) is 13.0 Å². The molecule has 1 aromatic heterocycles. The predicted octanol–water partition coefficient (Wildman–Crippen LogP) is 1.71. The molecule has 6 heteroatoms. The zero-order chi connectivity index (χ0) is 14.8. The fourth-order valence-electron chi connectivity index (χ4n) is 2.63. The Morgan fingerprint density at radius 2 is 2.33 bits per heavy atom. The number of carboxylic acid groups (broad SMARTS) is 1. The Bertz CT molecular complexity index is 659. The van der Waals surface area contributed by atoms with Gasteiger partial charge >= 0.3 is 5.97 Å².